The largest absolute Gasteiger partial charge is 0.497 e. The lowest BCUT2D eigenvalue weighted by molar-refractivity contribution is 0.101. The molecule has 2 rings (SSSR count). The van der Waals surface area contributed by atoms with Gasteiger partial charge in [-0.2, -0.15) is 0 Å². The molecule has 1 heterocycles. The maximum absolute atomic E-state index is 11.8. The maximum atomic E-state index is 11.8. The molecule has 2 aromatic rings. The van der Waals surface area contributed by atoms with Gasteiger partial charge in [0.15, 0.2) is 0 Å². The highest BCUT2D eigenvalue weighted by atomic mass is 16.5. The molecule has 0 spiro atoms. The van der Waals surface area contributed by atoms with E-state index in [0.29, 0.717) is 5.69 Å². The number of rotatable bonds is 3. The topological polar surface area (TPSA) is 56.1 Å². The second-order valence-corrected chi connectivity index (χ2v) is 3.57. The molecule has 1 N–H and O–H groups in total. The second kappa shape index (κ2) is 4.69. The van der Waals surface area contributed by atoms with Crippen LogP contribution in [0.4, 0.5) is 5.69 Å². The van der Waals surface area contributed by atoms with E-state index in [2.05, 4.69) is 10.3 Å². The molecule has 0 radical (unpaired) electrons. The summed E-state index contributed by atoms with van der Waals surface area (Å²) in [4.78, 5) is 15.7. The zero-order valence-corrected chi connectivity index (χ0v) is 9.68. The fourth-order valence-corrected chi connectivity index (χ4v) is 1.45. The number of amides is 1. The van der Waals surface area contributed by atoms with Crippen LogP contribution in [-0.2, 0) is 7.05 Å². The second-order valence-electron chi connectivity index (χ2n) is 3.57. The molecule has 0 saturated heterocycles. The van der Waals surface area contributed by atoms with Gasteiger partial charge in [-0.3, -0.25) is 4.79 Å². The van der Waals surface area contributed by atoms with Crippen molar-refractivity contribution in [2.24, 2.45) is 7.05 Å². The smallest absolute Gasteiger partial charge is 0.273 e. The summed E-state index contributed by atoms with van der Waals surface area (Å²) in [6, 6.07) is 7.15. The highest BCUT2D eigenvalue weighted by Crippen LogP contribution is 2.15. The van der Waals surface area contributed by atoms with Gasteiger partial charge in [0.2, 0.25) is 0 Å². The summed E-state index contributed by atoms with van der Waals surface area (Å²) in [7, 11) is 3.37. The van der Waals surface area contributed by atoms with E-state index in [1.807, 2.05) is 0 Å². The van der Waals surface area contributed by atoms with E-state index in [1.54, 1.807) is 49.3 Å². The Morgan fingerprint density at radius 3 is 2.59 bits per heavy atom. The normalized spacial score (nSPS) is 10.0. The summed E-state index contributed by atoms with van der Waals surface area (Å²) < 4.78 is 6.70. The van der Waals surface area contributed by atoms with Crippen LogP contribution in [0.2, 0.25) is 0 Å². The first kappa shape index (κ1) is 11.2. The number of hydrogen-bond donors (Lipinski definition) is 1. The van der Waals surface area contributed by atoms with Crippen LogP contribution in [0.5, 0.6) is 5.75 Å². The van der Waals surface area contributed by atoms with Crippen molar-refractivity contribution in [1.82, 2.24) is 9.55 Å². The third kappa shape index (κ3) is 2.44. The monoisotopic (exact) mass is 231 g/mol. The average molecular weight is 231 g/mol. The first-order chi connectivity index (χ1) is 8.20. The number of nitrogens with zero attached hydrogens (tertiary/aromatic N) is 2. The van der Waals surface area contributed by atoms with Gasteiger partial charge in [-0.1, -0.05) is 0 Å². The molecule has 0 bridgehead atoms. The highest BCUT2D eigenvalue weighted by molar-refractivity contribution is 6.02. The minimum atomic E-state index is -0.185. The van der Waals surface area contributed by atoms with Crippen molar-refractivity contribution < 1.29 is 9.53 Å². The average Bonchev–Trinajstić information content (AvgIpc) is 2.76. The summed E-state index contributed by atoms with van der Waals surface area (Å²) in [5.74, 6) is 0.568. The zero-order valence-electron chi connectivity index (χ0n) is 9.68. The summed E-state index contributed by atoms with van der Waals surface area (Å²) in [6.45, 7) is 0. The number of carbonyl (C=O) groups is 1. The molecular formula is C12H13N3O2. The van der Waals surface area contributed by atoms with Crippen molar-refractivity contribution in [2.75, 3.05) is 12.4 Å². The molecule has 0 aliphatic carbocycles. The number of ether oxygens (including phenoxy) is 1. The summed E-state index contributed by atoms with van der Waals surface area (Å²) in [6.07, 6.45) is 3.11. The lowest BCUT2D eigenvalue weighted by Gasteiger charge is -2.06. The summed E-state index contributed by atoms with van der Waals surface area (Å²) in [5, 5.41) is 2.78. The lowest BCUT2D eigenvalue weighted by atomic mass is 10.3. The van der Waals surface area contributed by atoms with Gasteiger partial charge < -0.3 is 14.6 Å². The quantitative estimate of drug-likeness (QED) is 0.874. The van der Waals surface area contributed by atoms with Gasteiger partial charge in [0, 0.05) is 12.7 Å². The van der Waals surface area contributed by atoms with Crippen LogP contribution in [0.3, 0.4) is 0 Å². The Balaban J connectivity index is 2.10. The number of aromatic nitrogens is 2. The minimum Gasteiger partial charge on any atom is -0.497 e. The predicted molar refractivity (Wildman–Crippen MR) is 64.2 cm³/mol. The molecule has 17 heavy (non-hydrogen) atoms. The number of carbonyl (C=O) groups excluding carboxylic acids is 1. The van der Waals surface area contributed by atoms with E-state index in [0.717, 1.165) is 11.4 Å². The van der Waals surface area contributed by atoms with E-state index in [9.17, 15) is 4.79 Å². The molecule has 0 aliphatic heterocycles. The third-order valence-electron chi connectivity index (χ3n) is 2.40. The molecular weight excluding hydrogens is 218 g/mol. The Bertz CT molecular complexity index is 517. The standard InChI is InChI=1S/C12H13N3O2/c1-15-8-13-7-11(15)12(16)14-9-3-5-10(17-2)6-4-9/h3-8H,1-2H3,(H,14,16). The van der Waals surface area contributed by atoms with Crippen molar-refractivity contribution in [3.63, 3.8) is 0 Å². The van der Waals surface area contributed by atoms with E-state index in [-0.39, 0.29) is 5.91 Å². The first-order valence-electron chi connectivity index (χ1n) is 5.12. The SMILES string of the molecule is COc1ccc(NC(=O)c2cncn2C)cc1. The van der Waals surface area contributed by atoms with Crippen molar-refractivity contribution in [3.05, 3.63) is 42.5 Å². The van der Waals surface area contributed by atoms with Crippen LogP contribution in [0.25, 0.3) is 0 Å². The van der Waals surface area contributed by atoms with Crippen LogP contribution in [-0.4, -0.2) is 22.6 Å². The van der Waals surface area contributed by atoms with Gasteiger partial charge in [0.05, 0.1) is 19.6 Å². The number of benzene rings is 1. The Kier molecular flexibility index (Phi) is 3.09. The van der Waals surface area contributed by atoms with Gasteiger partial charge >= 0.3 is 0 Å². The van der Waals surface area contributed by atoms with Crippen LogP contribution in [0.1, 0.15) is 10.5 Å². The highest BCUT2D eigenvalue weighted by Gasteiger charge is 2.09. The molecule has 0 atom stereocenters. The molecule has 0 aliphatic rings. The Morgan fingerprint density at radius 1 is 1.35 bits per heavy atom. The Hall–Kier alpha value is -2.30. The lowest BCUT2D eigenvalue weighted by Crippen LogP contribution is -2.15. The van der Waals surface area contributed by atoms with Crippen molar-refractivity contribution in [2.45, 2.75) is 0 Å². The van der Waals surface area contributed by atoms with Crippen LogP contribution >= 0.6 is 0 Å². The van der Waals surface area contributed by atoms with E-state index in [1.165, 1.54) is 6.20 Å². The fraction of sp³-hybridized carbons (Fsp3) is 0.167. The van der Waals surface area contributed by atoms with E-state index >= 15 is 0 Å². The molecule has 5 nitrogen and oxygen atoms in total. The number of hydrogen-bond acceptors (Lipinski definition) is 3. The molecule has 1 amide bonds. The van der Waals surface area contributed by atoms with E-state index in [4.69, 9.17) is 4.74 Å². The maximum Gasteiger partial charge on any atom is 0.273 e. The van der Waals surface area contributed by atoms with E-state index < -0.39 is 0 Å². The number of nitrogens with one attached hydrogen (secondary N) is 1. The predicted octanol–water partition coefficient (Wildman–Crippen LogP) is 1.68. The molecule has 0 fully saturated rings. The van der Waals surface area contributed by atoms with Gasteiger partial charge in [-0.25, -0.2) is 4.98 Å². The van der Waals surface area contributed by atoms with Gasteiger partial charge in [-0.15, -0.1) is 0 Å². The third-order valence-corrected chi connectivity index (χ3v) is 2.40. The number of methoxy groups -OCH3 is 1. The van der Waals surface area contributed by atoms with Crippen LogP contribution < -0.4 is 10.1 Å². The molecule has 1 aromatic heterocycles. The molecule has 1 aromatic carbocycles. The summed E-state index contributed by atoms with van der Waals surface area (Å²) in [5.41, 5.74) is 1.23. The van der Waals surface area contributed by atoms with Crippen molar-refractivity contribution in [3.8, 4) is 5.75 Å². The molecule has 0 unspecified atom stereocenters. The number of anilines is 1. The molecule has 5 heteroatoms. The summed E-state index contributed by atoms with van der Waals surface area (Å²) >= 11 is 0. The number of aryl methyl sites for hydroxylation is 1. The van der Waals surface area contributed by atoms with Crippen LogP contribution in [0, 0.1) is 0 Å². The van der Waals surface area contributed by atoms with Gasteiger partial charge in [0.25, 0.3) is 5.91 Å². The fourth-order valence-electron chi connectivity index (χ4n) is 1.45. The Labute approximate surface area is 99.0 Å². The zero-order chi connectivity index (χ0) is 12.3. The number of imidazole rings is 1. The van der Waals surface area contributed by atoms with Gasteiger partial charge in [-0.05, 0) is 24.3 Å². The van der Waals surface area contributed by atoms with Gasteiger partial charge in [0.1, 0.15) is 11.4 Å². The van der Waals surface area contributed by atoms with Crippen molar-refractivity contribution in [1.29, 1.82) is 0 Å². The molecule has 0 saturated carbocycles. The minimum absolute atomic E-state index is 0.185. The first-order valence-corrected chi connectivity index (χ1v) is 5.12. The Morgan fingerprint density at radius 2 is 2.06 bits per heavy atom. The van der Waals surface area contributed by atoms with Crippen LogP contribution in [0.15, 0.2) is 36.8 Å². The van der Waals surface area contributed by atoms with Crippen molar-refractivity contribution >= 4 is 11.6 Å². The molecule has 88 valence electrons.